The number of benzene rings is 3. The van der Waals surface area contributed by atoms with Gasteiger partial charge in [0.25, 0.3) is 5.91 Å². The van der Waals surface area contributed by atoms with Crippen molar-refractivity contribution in [3.63, 3.8) is 0 Å². The number of aryl methyl sites for hydroxylation is 1. The maximum atomic E-state index is 15.4. The molecule has 0 aromatic heterocycles. The Morgan fingerprint density at radius 2 is 1.72 bits per heavy atom. The topological polar surface area (TPSA) is 135 Å². The van der Waals surface area contributed by atoms with Crippen LogP contribution in [0, 0.1) is 18.8 Å². The molecule has 1 spiro atoms. The van der Waals surface area contributed by atoms with Gasteiger partial charge in [-0.05, 0) is 36.1 Å². The van der Waals surface area contributed by atoms with E-state index in [9.17, 15) is 14.7 Å². The van der Waals surface area contributed by atoms with Gasteiger partial charge in [0.15, 0.2) is 0 Å². The van der Waals surface area contributed by atoms with Crippen molar-refractivity contribution in [3.05, 3.63) is 125 Å². The Hall–Kier alpha value is -4.81. The average molecular weight is 740 g/mol. The highest BCUT2D eigenvalue weighted by atomic mass is 35.5. The molecular weight excluding hydrogens is 698 g/mol. The molecule has 7 rings (SSSR count). The first-order valence-electron chi connectivity index (χ1n) is 17.8. The summed E-state index contributed by atoms with van der Waals surface area (Å²) in [5, 5.41) is 14.3. The van der Waals surface area contributed by atoms with Crippen molar-refractivity contribution >= 4 is 41.0 Å². The second-order valence-corrected chi connectivity index (χ2v) is 14.2. The van der Waals surface area contributed by atoms with E-state index >= 15 is 9.59 Å². The molecule has 3 aromatic carbocycles. The van der Waals surface area contributed by atoms with E-state index in [1.807, 2.05) is 31.2 Å². The van der Waals surface area contributed by atoms with Crippen LogP contribution in [0.4, 0.5) is 5.69 Å². The molecule has 276 valence electrons. The van der Waals surface area contributed by atoms with E-state index in [2.05, 4.69) is 5.32 Å². The molecule has 11 nitrogen and oxygen atoms in total. The van der Waals surface area contributed by atoms with Crippen molar-refractivity contribution in [2.75, 3.05) is 31.8 Å². The van der Waals surface area contributed by atoms with Crippen LogP contribution < -0.4 is 10.2 Å². The van der Waals surface area contributed by atoms with E-state index in [0.29, 0.717) is 28.3 Å². The van der Waals surface area contributed by atoms with Crippen LogP contribution >= 0.6 is 11.6 Å². The number of methoxy groups -OCH3 is 1. The molecule has 5 bridgehead atoms. The number of amides is 3. The zero-order valence-electron chi connectivity index (χ0n) is 29.5. The molecule has 4 aliphatic heterocycles. The molecule has 53 heavy (non-hydrogen) atoms. The van der Waals surface area contributed by atoms with Gasteiger partial charge in [-0.15, -0.1) is 0 Å². The summed E-state index contributed by atoms with van der Waals surface area (Å²) in [6, 6.07) is 20.3. The SMILES string of the molecule is COC[C@H]1NC(=O)CC/C=C\CN(c2c(C)cccc2Cl)C(=O)[C@@H]2N([C@H](CO)c3ccccc3)C(=O)[C@H]3[C@H](C(=O)O[C@@H]1c1ccccc1)[C@@H]1C=C[C@]23O1. The van der Waals surface area contributed by atoms with E-state index in [-0.39, 0.29) is 25.5 Å². The normalized spacial score (nSPS) is 29.9. The number of hydrogen-bond donors (Lipinski definition) is 2. The predicted octanol–water partition coefficient (Wildman–Crippen LogP) is 4.63. The van der Waals surface area contributed by atoms with Gasteiger partial charge in [-0.2, -0.15) is 0 Å². The van der Waals surface area contributed by atoms with Gasteiger partial charge < -0.3 is 34.4 Å². The lowest BCUT2D eigenvalue weighted by atomic mass is 9.74. The predicted molar refractivity (Wildman–Crippen MR) is 197 cm³/mol. The standard InChI is InChI=1S/C41H42ClN3O8/c1-25-13-12-18-28(42)35(25)44-22-11-5-10-19-32(47)43-29(24-51-2)36(27-16-8-4-9-17-27)52-40(50)33-31-20-21-41(53-31)34(33)38(48)45(37(41)39(44)49)30(23-46)26-14-6-3-7-15-26/h3-9,11-18,20-21,29-31,33-34,36-37,46H,10,19,22-24H2,1-2H3,(H,43,47)/b11-5-/t29-,30-,31+,33-,34-,36-,37+,41-/m1/s1. The van der Waals surface area contributed by atoms with Crippen molar-refractivity contribution in [3.8, 4) is 0 Å². The first-order valence-corrected chi connectivity index (χ1v) is 18.2. The summed E-state index contributed by atoms with van der Waals surface area (Å²) in [5.74, 6) is -4.32. The van der Waals surface area contributed by atoms with Crippen LogP contribution in [-0.2, 0) is 33.4 Å². The fourth-order valence-corrected chi connectivity index (χ4v) is 8.65. The van der Waals surface area contributed by atoms with Gasteiger partial charge in [0.05, 0.1) is 48.0 Å². The van der Waals surface area contributed by atoms with Gasteiger partial charge in [0.1, 0.15) is 23.7 Å². The number of ether oxygens (including phenoxy) is 3. The summed E-state index contributed by atoms with van der Waals surface area (Å²) in [5.41, 5.74) is 0.838. The molecular formula is C41H42ClN3O8. The lowest BCUT2D eigenvalue weighted by Gasteiger charge is -2.39. The lowest BCUT2D eigenvalue weighted by Crippen LogP contribution is -2.57. The molecule has 8 atom stereocenters. The molecule has 4 heterocycles. The fourth-order valence-electron chi connectivity index (χ4n) is 8.33. The van der Waals surface area contributed by atoms with Gasteiger partial charge in [0.2, 0.25) is 11.8 Å². The van der Waals surface area contributed by atoms with Crippen molar-refractivity contribution in [2.24, 2.45) is 11.8 Å². The minimum Gasteiger partial charge on any atom is -0.455 e. The van der Waals surface area contributed by atoms with Crippen molar-refractivity contribution in [2.45, 2.75) is 55.7 Å². The second-order valence-electron chi connectivity index (χ2n) is 13.8. The van der Waals surface area contributed by atoms with E-state index in [1.165, 1.54) is 16.9 Å². The molecule has 0 radical (unpaired) electrons. The number of halogens is 1. The maximum Gasteiger partial charge on any atom is 0.313 e. The van der Waals surface area contributed by atoms with E-state index in [1.54, 1.807) is 78.9 Å². The molecule has 2 N–H and O–H groups in total. The Morgan fingerprint density at radius 3 is 2.42 bits per heavy atom. The Kier molecular flexibility index (Phi) is 10.5. The highest BCUT2D eigenvalue weighted by Gasteiger charge is 2.74. The number of nitrogens with one attached hydrogen (secondary N) is 1. The van der Waals surface area contributed by atoms with Gasteiger partial charge in [0, 0.05) is 20.1 Å². The molecule has 2 saturated heterocycles. The first kappa shape index (κ1) is 36.5. The number of carbonyl (C=O) groups is 4. The van der Waals surface area contributed by atoms with Gasteiger partial charge in [-0.3, -0.25) is 19.2 Å². The Balaban J connectivity index is 1.39. The largest absolute Gasteiger partial charge is 0.455 e. The molecule has 2 fully saturated rings. The lowest BCUT2D eigenvalue weighted by molar-refractivity contribution is -0.162. The third kappa shape index (κ3) is 6.56. The number of hydrogen-bond acceptors (Lipinski definition) is 8. The summed E-state index contributed by atoms with van der Waals surface area (Å²) >= 11 is 6.80. The number of aliphatic hydroxyl groups is 1. The van der Waals surface area contributed by atoms with Crippen LogP contribution in [0.3, 0.4) is 0 Å². The highest BCUT2D eigenvalue weighted by molar-refractivity contribution is 6.34. The monoisotopic (exact) mass is 739 g/mol. The molecule has 0 saturated carbocycles. The number of esters is 1. The third-order valence-corrected chi connectivity index (χ3v) is 11.0. The van der Waals surface area contributed by atoms with Crippen LogP contribution in [-0.4, -0.2) is 84.4 Å². The number of carbonyl (C=O) groups excluding carboxylic acids is 4. The van der Waals surface area contributed by atoms with Gasteiger partial charge >= 0.3 is 5.97 Å². The van der Waals surface area contributed by atoms with Crippen LogP contribution in [0.5, 0.6) is 0 Å². The summed E-state index contributed by atoms with van der Waals surface area (Å²) in [6.07, 6.45) is 5.66. The number of allylic oxidation sites excluding steroid dienone is 1. The number of aliphatic hydroxyl groups excluding tert-OH is 1. The number of rotatable bonds is 7. The second kappa shape index (κ2) is 15.3. The van der Waals surface area contributed by atoms with E-state index in [0.717, 1.165) is 5.56 Å². The number of likely N-dealkylation sites (tertiary alicyclic amines) is 1. The van der Waals surface area contributed by atoms with Crippen LogP contribution in [0.2, 0.25) is 5.02 Å². The third-order valence-electron chi connectivity index (χ3n) is 10.7. The number of nitrogens with zero attached hydrogens (tertiary/aromatic N) is 2. The number of fused-ring (bicyclic) bond motifs is 2. The van der Waals surface area contributed by atoms with Crippen LogP contribution in [0.1, 0.15) is 41.7 Å². The Labute approximate surface area is 313 Å². The molecule has 4 aliphatic rings. The highest BCUT2D eigenvalue weighted by Crippen LogP contribution is 2.57. The summed E-state index contributed by atoms with van der Waals surface area (Å²) in [7, 11) is 1.50. The molecule has 3 amide bonds. The molecule has 0 aliphatic carbocycles. The summed E-state index contributed by atoms with van der Waals surface area (Å²) < 4.78 is 18.5. The first-order chi connectivity index (χ1) is 25.7. The smallest absolute Gasteiger partial charge is 0.313 e. The quantitative estimate of drug-likeness (QED) is 0.265. The zero-order valence-corrected chi connectivity index (χ0v) is 30.2. The minimum atomic E-state index is -1.57. The minimum absolute atomic E-state index is 0.0387. The Morgan fingerprint density at radius 1 is 0.981 bits per heavy atom. The van der Waals surface area contributed by atoms with E-state index in [4.69, 9.17) is 25.8 Å². The summed E-state index contributed by atoms with van der Waals surface area (Å²) in [6.45, 7) is 1.44. The van der Waals surface area contributed by atoms with Crippen LogP contribution in [0.25, 0.3) is 0 Å². The van der Waals surface area contributed by atoms with Gasteiger partial charge in [-0.25, -0.2) is 0 Å². The molecule has 12 heteroatoms. The van der Waals surface area contributed by atoms with Crippen molar-refractivity contribution in [1.29, 1.82) is 0 Å². The van der Waals surface area contributed by atoms with Crippen molar-refractivity contribution < 1.29 is 38.5 Å². The fraction of sp³-hybridized carbons (Fsp3) is 0.366. The average Bonchev–Trinajstić information content (AvgIpc) is 3.81. The van der Waals surface area contributed by atoms with Gasteiger partial charge in [-0.1, -0.05) is 109 Å². The summed E-state index contributed by atoms with van der Waals surface area (Å²) in [4.78, 5) is 61.2. The number of cyclic esters (lactones) is 1. The number of para-hydroxylation sites is 1. The van der Waals surface area contributed by atoms with E-state index < -0.39 is 72.2 Å². The molecule has 0 unspecified atom stereocenters. The number of anilines is 1. The Bertz CT molecular complexity index is 1900. The zero-order chi connectivity index (χ0) is 37.3. The van der Waals surface area contributed by atoms with Crippen molar-refractivity contribution in [1.82, 2.24) is 10.2 Å². The molecule has 3 aromatic rings. The maximum absolute atomic E-state index is 15.4. The van der Waals surface area contributed by atoms with Crippen LogP contribution in [0.15, 0.2) is 103 Å².